The van der Waals surface area contributed by atoms with Crippen molar-refractivity contribution in [3.63, 3.8) is 0 Å². The van der Waals surface area contributed by atoms with E-state index >= 15 is 0 Å². The van der Waals surface area contributed by atoms with Crippen LogP contribution >= 0.6 is 0 Å². The molecule has 0 radical (unpaired) electrons. The molecule has 0 atom stereocenters. The fourth-order valence-electron chi connectivity index (χ4n) is 0.989. The molecule has 16 heavy (non-hydrogen) atoms. The molecule has 0 aromatic heterocycles. The highest BCUT2D eigenvalue weighted by Gasteiger charge is 1.99. The maximum Gasteiger partial charge on any atom is 0.335 e. The molecule has 0 unspecified atom stereocenters. The maximum atomic E-state index is 10.2. The van der Waals surface area contributed by atoms with Crippen LogP contribution < -0.4 is 0 Å². The predicted molar refractivity (Wildman–Crippen MR) is 61.5 cm³/mol. The van der Waals surface area contributed by atoms with E-state index in [1.54, 1.807) is 0 Å². The Hall–Kier alpha value is -2.29. The summed E-state index contributed by atoms with van der Waals surface area (Å²) in [6, 6.07) is 17.4. The van der Waals surface area contributed by atoms with Gasteiger partial charge in [0, 0.05) is 0 Å². The lowest BCUT2D eigenvalue weighted by molar-refractivity contribution is 0.0697. The van der Waals surface area contributed by atoms with E-state index in [0.29, 0.717) is 0 Å². The monoisotopic (exact) mass is 216 g/mol. The SMILES string of the molecule is O=C(O)c1ccc(O)cc1.c1ccccc1. The summed E-state index contributed by atoms with van der Waals surface area (Å²) in [5, 5.41) is 17.1. The minimum absolute atomic E-state index is 0.0741. The molecule has 0 saturated carbocycles. The van der Waals surface area contributed by atoms with Crippen LogP contribution in [0.5, 0.6) is 5.75 Å². The van der Waals surface area contributed by atoms with Crippen LogP contribution in [0.15, 0.2) is 60.7 Å². The lowest BCUT2D eigenvalue weighted by Crippen LogP contribution is -1.93. The molecule has 0 aliphatic carbocycles. The van der Waals surface area contributed by atoms with Crippen LogP contribution in [0, 0.1) is 0 Å². The second kappa shape index (κ2) is 6.24. The predicted octanol–water partition coefficient (Wildman–Crippen LogP) is 2.78. The Morgan fingerprint density at radius 3 is 1.50 bits per heavy atom. The highest BCUT2D eigenvalue weighted by Crippen LogP contribution is 2.08. The number of rotatable bonds is 1. The Bertz CT molecular complexity index is 394. The third-order valence-corrected chi connectivity index (χ3v) is 1.78. The molecule has 2 rings (SSSR count). The van der Waals surface area contributed by atoms with Crippen molar-refractivity contribution in [2.24, 2.45) is 0 Å². The first-order valence-corrected chi connectivity index (χ1v) is 4.72. The lowest BCUT2D eigenvalue weighted by Gasteiger charge is -1.92. The Kier molecular flexibility index (Phi) is 4.60. The molecule has 2 aromatic carbocycles. The van der Waals surface area contributed by atoms with E-state index in [1.165, 1.54) is 24.3 Å². The minimum atomic E-state index is -0.986. The van der Waals surface area contributed by atoms with Crippen molar-refractivity contribution in [3.8, 4) is 5.75 Å². The van der Waals surface area contributed by atoms with Crippen LogP contribution in [0.3, 0.4) is 0 Å². The molecule has 0 amide bonds. The summed E-state index contributed by atoms with van der Waals surface area (Å²) in [7, 11) is 0. The first-order valence-electron chi connectivity index (χ1n) is 4.72. The molecular formula is C13H12O3. The second-order valence-corrected chi connectivity index (χ2v) is 3.01. The van der Waals surface area contributed by atoms with Gasteiger partial charge in [-0.3, -0.25) is 0 Å². The third-order valence-electron chi connectivity index (χ3n) is 1.78. The van der Waals surface area contributed by atoms with Gasteiger partial charge < -0.3 is 10.2 Å². The molecule has 3 heteroatoms. The Morgan fingerprint density at radius 1 is 0.812 bits per heavy atom. The van der Waals surface area contributed by atoms with E-state index in [0.717, 1.165) is 0 Å². The first-order chi connectivity index (χ1) is 7.70. The van der Waals surface area contributed by atoms with Crippen LogP contribution in [0.25, 0.3) is 0 Å². The van der Waals surface area contributed by atoms with Crippen molar-refractivity contribution in [2.45, 2.75) is 0 Å². The number of hydrogen-bond donors (Lipinski definition) is 2. The Morgan fingerprint density at radius 2 is 1.19 bits per heavy atom. The van der Waals surface area contributed by atoms with E-state index < -0.39 is 5.97 Å². The number of phenols is 1. The summed E-state index contributed by atoms with van der Waals surface area (Å²) >= 11 is 0. The van der Waals surface area contributed by atoms with Crippen LogP contribution in [0.1, 0.15) is 10.4 Å². The molecule has 0 aliphatic heterocycles. The van der Waals surface area contributed by atoms with Gasteiger partial charge in [0.05, 0.1) is 5.56 Å². The highest BCUT2D eigenvalue weighted by atomic mass is 16.4. The molecule has 0 bridgehead atoms. The number of benzene rings is 2. The molecule has 0 fully saturated rings. The van der Waals surface area contributed by atoms with Crippen LogP contribution in [0.4, 0.5) is 0 Å². The molecule has 82 valence electrons. The van der Waals surface area contributed by atoms with E-state index in [4.69, 9.17) is 10.2 Å². The van der Waals surface area contributed by atoms with Gasteiger partial charge in [0.2, 0.25) is 0 Å². The topological polar surface area (TPSA) is 57.5 Å². The Labute approximate surface area is 93.6 Å². The van der Waals surface area contributed by atoms with Gasteiger partial charge in [-0.15, -0.1) is 0 Å². The number of phenolic OH excluding ortho intramolecular Hbond substituents is 1. The minimum Gasteiger partial charge on any atom is -0.508 e. The number of hydrogen-bond acceptors (Lipinski definition) is 2. The summed E-state index contributed by atoms with van der Waals surface area (Å²) in [5.74, 6) is -0.912. The number of carboxylic acid groups (broad SMARTS) is 1. The largest absolute Gasteiger partial charge is 0.508 e. The maximum absolute atomic E-state index is 10.2. The average Bonchev–Trinajstić information content (AvgIpc) is 2.32. The van der Waals surface area contributed by atoms with Gasteiger partial charge in [-0.25, -0.2) is 4.79 Å². The zero-order valence-electron chi connectivity index (χ0n) is 8.58. The lowest BCUT2D eigenvalue weighted by atomic mass is 10.2. The van der Waals surface area contributed by atoms with E-state index in [-0.39, 0.29) is 11.3 Å². The number of aromatic hydroxyl groups is 1. The van der Waals surface area contributed by atoms with Crippen molar-refractivity contribution >= 4 is 5.97 Å². The molecular weight excluding hydrogens is 204 g/mol. The number of carboxylic acids is 1. The normalized spacial score (nSPS) is 8.75. The van der Waals surface area contributed by atoms with E-state index in [2.05, 4.69) is 0 Å². The molecule has 2 N–H and O–H groups in total. The van der Waals surface area contributed by atoms with Gasteiger partial charge >= 0.3 is 5.97 Å². The summed E-state index contributed by atoms with van der Waals surface area (Å²) in [4.78, 5) is 10.2. The fraction of sp³-hybridized carbons (Fsp3) is 0. The Balaban J connectivity index is 0.000000181. The molecule has 0 heterocycles. The third kappa shape index (κ3) is 4.28. The second-order valence-electron chi connectivity index (χ2n) is 3.01. The van der Waals surface area contributed by atoms with Gasteiger partial charge in [-0.05, 0) is 24.3 Å². The van der Waals surface area contributed by atoms with Crippen LogP contribution in [0.2, 0.25) is 0 Å². The zero-order valence-corrected chi connectivity index (χ0v) is 8.58. The average molecular weight is 216 g/mol. The van der Waals surface area contributed by atoms with Crippen molar-refractivity contribution in [1.82, 2.24) is 0 Å². The summed E-state index contributed by atoms with van der Waals surface area (Å²) in [6.45, 7) is 0. The molecule has 0 saturated heterocycles. The molecule has 0 aliphatic rings. The molecule has 3 nitrogen and oxygen atoms in total. The van der Waals surface area contributed by atoms with Gasteiger partial charge in [-0.1, -0.05) is 36.4 Å². The molecule has 2 aromatic rings. The fourth-order valence-corrected chi connectivity index (χ4v) is 0.989. The van der Waals surface area contributed by atoms with E-state index in [9.17, 15) is 4.79 Å². The zero-order chi connectivity index (χ0) is 11.8. The van der Waals surface area contributed by atoms with Gasteiger partial charge in [0.1, 0.15) is 5.75 Å². The van der Waals surface area contributed by atoms with Crippen LogP contribution in [-0.2, 0) is 0 Å². The summed E-state index contributed by atoms with van der Waals surface area (Å²) in [5.41, 5.74) is 0.179. The van der Waals surface area contributed by atoms with Gasteiger partial charge in [0.25, 0.3) is 0 Å². The number of carbonyl (C=O) groups is 1. The standard InChI is InChI=1S/C7H6O3.C6H6/c8-6-3-1-5(2-4-6)7(9)10;1-2-4-6-5-3-1/h1-4,8H,(H,9,10);1-6H. The summed E-state index contributed by atoms with van der Waals surface area (Å²) < 4.78 is 0. The molecule has 0 spiro atoms. The summed E-state index contributed by atoms with van der Waals surface area (Å²) in [6.07, 6.45) is 0. The first kappa shape index (κ1) is 11.8. The van der Waals surface area contributed by atoms with Gasteiger partial charge in [-0.2, -0.15) is 0 Å². The highest BCUT2D eigenvalue weighted by molar-refractivity contribution is 5.87. The van der Waals surface area contributed by atoms with E-state index in [1.807, 2.05) is 36.4 Å². The quantitative estimate of drug-likeness (QED) is 0.770. The number of aromatic carboxylic acids is 1. The van der Waals surface area contributed by atoms with Crippen molar-refractivity contribution in [3.05, 3.63) is 66.2 Å². The van der Waals surface area contributed by atoms with Crippen molar-refractivity contribution in [1.29, 1.82) is 0 Å². The van der Waals surface area contributed by atoms with Crippen LogP contribution in [-0.4, -0.2) is 16.2 Å². The van der Waals surface area contributed by atoms with Crippen molar-refractivity contribution < 1.29 is 15.0 Å². The van der Waals surface area contributed by atoms with Crippen molar-refractivity contribution in [2.75, 3.05) is 0 Å². The smallest absolute Gasteiger partial charge is 0.335 e. The van der Waals surface area contributed by atoms with Gasteiger partial charge in [0.15, 0.2) is 0 Å².